The summed E-state index contributed by atoms with van der Waals surface area (Å²) in [6.07, 6.45) is 3.50. The van der Waals surface area contributed by atoms with Crippen LogP contribution in [0.3, 0.4) is 0 Å². The molecule has 0 radical (unpaired) electrons. The van der Waals surface area contributed by atoms with E-state index in [0.717, 1.165) is 21.4 Å². The summed E-state index contributed by atoms with van der Waals surface area (Å²) in [7, 11) is 0. The van der Waals surface area contributed by atoms with Crippen molar-refractivity contribution in [2.45, 2.75) is 6.92 Å². The molecule has 132 valence electrons. The van der Waals surface area contributed by atoms with E-state index < -0.39 is 6.03 Å². The molecule has 0 bridgehead atoms. The number of carbonyl (C=O) groups excluding carboxylic acids is 1. The smallest absolute Gasteiger partial charge is 0.316 e. The van der Waals surface area contributed by atoms with Gasteiger partial charge in [0.05, 0.1) is 11.9 Å². The standard InChI is InChI=1S/C19H16BrClN4O/c1-13-11-15(6-9-18(13)20)23-19(26)24-22-12-17-3-2-10-25(17)16-7-4-14(21)5-8-16/h2-12H,1H3,(H2,23,24,26)/b22-12+. The van der Waals surface area contributed by atoms with Crippen LogP contribution < -0.4 is 10.7 Å². The Kier molecular flexibility index (Phi) is 5.75. The fourth-order valence-electron chi connectivity index (χ4n) is 2.37. The van der Waals surface area contributed by atoms with Crippen LogP contribution in [0.1, 0.15) is 11.3 Å². The Hall–Kier alpha value is -2.57. The molecule has 0 atom stereocenters. The van der Waals surface area contributed by atoms with Crippen LogP contribution in [0.15, 0.2) is 70.4 Å². The summed E-state index contributed by atoms with van der Waals surface area (Å²) in [5.41, 5.74) is 5.98. The number of hydrogen-bond acceptors (Lipinski definition) is 2. The fourth-order valence-corrected chi connectivity index (χ4v) is 2.75. The number of carbonyl (C=O) groups is 1. The minimum absolute atomic E-state index is 0.410. The Labute approximate surface area is 164 Å². The molecule has 26 heavy (non-hydrogen) atoms. The molecule has 5 nitrogen and oxygen atoms in total. The van der Waals surface area contributed by atoms with Crippen molar-refractivity contribution in [2.75, 3.05) is 5.32 Å². The van der Waals surface area contributed by atoms with Gasteiger partial charge >= 0.3 is 6.03 Å². The number of nitrogens with one attached hydrogen (secondary N) is 2. The molecule has 0 aliphatic heterocycles. The lowest BCUT2D eigenvalue weighted by molar-refractivity contribution is 0.252. The molecular formula is C19H16BrClN4O. The van der Waals surface area contributed by atoms with E-state index in [0.29, 0.717) is 10.7 Å². The molecule has 2 aromatic carbocycles. The largest absolute Gasteiger partial charge is 0.339 e. The molecule has 1 aromatic heterocycles. The zero-order valence-corrected chi connectivity index (χ0v) is 16.3. The van der Waals surface area contributed by atoms with E-state index in [-0.39, 0.29) is 0 Å². The highest BCUT2D eigenvalue weighted by Crippen LogP contribution is 2.20. The van der Waals surface area contributed by atoms with Crippen LogP contribution in [0.25, 0.3) is 5.69 Å². The van der Waals surface area contributed by atoms with Gasteiger partial charge in [0.15, 0.2) is 0 Å². The average molecular weight is 432 g/mol. The molecule has 3 rings (SSSR count). The van der Waals surface area contributed by atoms with Crippen molar-refractivity contribution in [1.29, 1.82) is 0 Å². The highest BCUT2D eigenvalue weighted by molar-refractivity contribution is 9.10. The molecule has 2 amide bonds. The van der Waals surface area contributed by atoms with Gasteiger partial charge in [0, 0.05) is 27.1 Å². The molecule has 2 N–H and O–H groups in total. The van der Waals surface area contributed by atoms with E-state index in [2.05, 4.69) is 31.8 Å². The minimum Gasteiger partial charge on any atom is -0.316 e. The molecule has 0 aliphatic carbocycles. The quantitative estimate of drug-likeness (QED) is 0.424. The monoisotopic (exact) mass is 430 g/mol. The average Bonchev–Trinajstić information content (AvgIpc) is 3.07. The predicted molar refractivity (Wildman–Crippen MR) is 109 cm³/mol. The number of aromatic nitrogens is 1. The van der Waals surface area contributed by atoms with Gasteiger partial charge < -0.3 is 9.88 Å². The number of urea groups is 1. The van der Waals surface area contributed by atoms with E-state index in [9.17, 15) is 4.79 Å². The van der Waals surface area contributed by atoms with Gasteiger partial charge in [0.1, 0.15) is 0 Å². The molecule has 0 saturated carbocycles. The van der Waals surface area contributed by atoms with E-state index in [4.69, 9.17) is 11.6 Å². The summed E-state index contributed by atoms with van der Waals surface area (Å²) < 4.78 is 2.93. The summed E-state index contributed by atoms with van der Waals surface area (Å²) in [6.45, 7) is 1.95. The Morgan fingerprint density at radius 2 is 1.96 bits per heavy atom. The Balaban J connectivity index is 1.64. The number of rotatable bonds is 4. The second-order valence-corrected chi connectivity index (χ2v) is 6.86. The first kappa shape index (κ1) is 18.2. The third kappa shape index (κ3) is 4.53. The van der Waals surface area contributed by atoms with Gasteiger partial charge in [0.2, 0.25) is 0 Å². The Bertz CT molecular complexity index is 950. The minimum atomic E-state index is -0.410. The molecule has 0 unspecified atom stereocenters. The predicted octanol–water partition coefficient (Wildman–Crippen LogP) is 5.36. The van der Waals surface area contributed by atoms with Crippen molar-refractivity contribution in [3.63, 3.8) is 0 Å². The number of hydrogen-bond donors (Lipinski definition) is 2. The Morgan fingerprint density at radius 1 is 1.19 bits per heavy atom. The van der Waals surface area contributed by atoms with Crippen molar-refractivity contribution in [3.05, 3.63) is 81.5 Å². The second kappa shape index (κ2) is 8.21. The van der Waals surface area contributed by atoms with Crippen molar-refractivity contribution >= 4 is 45.5 Å². The lowest BCUT2D eigenvalue weighted by Gasteiger charge is -2.07. The molecule has 0 fully saturated rings. The molecule has 0 saturated heterocycles. The summed E-state index contributed by atoms with van der Waals surface area (Å²) in [5.74, 6) is 0. The number of halogens is 2. The summed E-state index contributed by atoms with van der Waals surface area (Å²) in [5, 5.41) is 7.43. The summed E-state index contributed by atoms with van der Waals surface area (Å²) in [4.78, 5) is 12.0. The van der Waals surface area contributed by atoms with Gasteiger partial charge in [-0.05, 0) is 67.1 Å². The lowest BCUT2D eigenvalue weighted by Crippen LogP contribution is -2.24. The molecule has 3 aromatic rings. The second-order valence-electron chi connectivity index (χ2n) is 5.57. The van der Waals surface area contributed by atoms with Crippen molar-refractivity contribution in [2.24, 2.45) is 5.10 Å². The van der Waals surface area contributed by atoms with Crippen molar-refractivity contribution in [3.8, 4) is 5.69 Å². The topological polar surface area (TPSA) is 58.4 Å². The lowest BCUT2D eigenvalue weighted by atomic mass is 10.2. The Morgan fingerprint density at radius 3 is 2.69 bits per heavy atom. The van der Waals surface area contributed by atoms with Crippen LogP contribution >= 0.6 is 27.5 Å². The maximum Gasteiger partial charge on any atom is 0.339 e. The number of benzene rings is 2. The van der Waals surface area contributed by atoms with E-state index in [1.165, 1.54) is 0 Å². The number of hydrazone groups is 1. The summed E-state index contributed by atoms with van der Waals surface area (Å²) in [6, 6.07) is 16.4. The third-order valence-corrected chi connectivity index (χ3v) is 4.81. The van der Waals surface area contributed by atoms with Crippen LogP contribution in [-0.2, 0) is 0 Å². The SMILES string of the molecule is Cc1cc(NC(=O)N/N=C/c2cccn2-c2ccc(Cl)cc2)ccc1Br. The molecule has 0 aliphatic rings. The highest BCUT2D eigenvalue weighted by Gasteiger charge is 2.03. The first-order chi connectivity index (χ1) is 12.5. The first-order valence-electron chi connectivity index (χ1n) is 7.82. The van der Waals surface area contributed by atoms with Gasteiger partial charge in [-0.2, -0.15) is 5.10 Å². The van der Waals surface area contributed by atoms with Gasteiger partial charge in [-0.25, -0.2) is 10.2 Å². The third-order valence-electron chi connectivity index (χ3n) is 3.66. The van der Waals surface area contributed by atoms with Crippen LogP contribution in [0.5, 0.6) is 0 Å². The van der Waals surface area contributed by atoms with Gasteiger partial charge in [-0.15, -0.1) is 0 Å². The zero-order valence-electron chi connectivity index (χ0n) is 13.9. The van der Waals surface area contributed by atoms with Crippen LogP contribution in [0.4, 0.5) is 10.5 Å². The zero-order chi connectivity index (χ0) is 18.5. The number of anilines is 1. The normalized spacial score (nSPS) is 10.9. The van der Waals surface area contributed by atoms with Crippen LogP contribution in [0, 0.1) is 6.92 Å². The van der Waals surface area contributed by atoms with Crippen LogP contribution in [0.2, 0.25) is 5.02 Å². The molecule has 7 heteroatoms. The number of nitrogens with zero attached hydrogens (tertiary/aromatic N) is 2. The maximum absolute atomic E-state index is 12.0. The van der Waals surface area contributed by atoms with E-state index in [1.807, 2.05) is 72.3 Å². The fraction of sp³-hybridized carbons (Fsp3) is 0.0526. The van der Waals surface area contributed by atoms with Gasteiger partial charge in [-0.1, -0.05) is 27.5 Å². The van der Waals surface area contributed by atoms with Gasteiger partial charge in [-0.3, -0.25) is 0 Å². The van der Waals surface area contributed by atoms with Crippen molar-refractivity contribution < 1.29 is 4.79 Å². The highest BCUT2D eigenvalue weighted by atomic mass is 79.9. The number of amides is 2. The molecule has 1 heterocycles. The van der Waals surface area contributed by atoms with Crippen LogP contribution in [-0.4, -0.2) is 16.8 Å². The maximum atomic E-state index is 12.0. The van der Waals surface area contributed by atoms with E-state index in [1.54, 1.807) is 6.21 Å². The van der Waals surface area contributed by atoms with Gasteiger partial charge in [0.25, 0.3) is 0 Å². The summed E-state index contributed by atoms with van der Waals surface area (Å²) >= 11 is 9.35. The molecular weight excluding hydrogens is 416 g/mol. The van der Waals surface area contributed by atoms with E-state index >= 15 is 0 Å². The first-order valence-corrected chi connectivity index (χ1v) is 8.99. The molecule has 0 spiro atoms. The van der Waals surface area contributed by atoms with Crippen molar-refractivity contribution in [1.82, 2.24) is 9.99 Å². The number of aryl methyl sites for hydroxylation is 1.